The van der Waals surface area contributed by atoms with Crippen LogP contribution >= 0.6 is 11.3 Å². The molecule has 0 radical (unpaired) electrons. The minimum atomic E-state index is -0.0352. The summed E-state index contributed by atoms with van der Waals surface area (Å²) < 4.78 is 1.92. The number of imidazole rings is 1. The van der Waals surface area contributed by atoms with Crippen molar-refractivity contribution < 1.29 is 5.11 Å². The molecule has 3 aromatic heterocycles. The summed E-state index contributed by atoms with van der Waals surface area (Å²) in [5, 5.41) is 9.64. The number of hydrogen-bond donors (Lipinski definition) is 1. The van der Waals surface area contributed by atoms with Crippen LogP contribution in [0.4, 0.5) is 5.82 Å². The van der Waals surface area contributed by atoms with Gasteiger partial charge in [0, 0.05) is 18.1 Å². The van der Waals surface area contributed by atoms with Crippen molar-refractivity contribution in [2.45, 2.75) is 20.1 Å². The van der Waals surface area contributed by atoms with E-state index in [2.05, 4.69) is 14.9 Å². The predicted molar refractivity (Wildman–Crippen MR) is 80.1 cm³/mol. The maximum Gasteiger partial charge on any atom is 0.153 e. The topological polar surface area (TPSA) is 53.7 Å². The number of hydrogen-bond acceptors (Lipinski definition) is 5. The van der Waals surface area contributed by atoms with Crippen LogP contribution in [-0.2, 0) is 13.2 Å². The number of aryl methyl sites for hydroxylation is 1. The summed E-state index contributed by atoms with van der Waals surface area (Å²) in [6, 6.07) is 5.82. The summed E-state index contributed by atoms with van der Waals surface area (Å²) in [6.07, 6.45) is 1.92. The number of anilines is 1. The Morgan fingerprint density at radius 2 is 2.25 bits per heavy atom. The van der Waals surface area contributed by atoms with Gasteiger partial charge in [-0.15, -0.1) is 11.3 Å². The number of aromatic nitrogens is 3. The Kier molecular flexibility index (Phi) is 3.42. The van der Waals surface area contributed by atoms with Gasteiger partial charge in [-0.2, -0.15) is 0 Å². The molecule has 104 valence electrons. The Hall–Kier alpha value is -1.92. The van der Waals surface area contributed by atoms with Crippen molar-refractivity contribution >= 4 is 22.8 Å². The zero-order chi connectivity index (χ0) is 14.1. The number of nitrogens with zero attached hydrogens (tertiary/aromatic N) is 4. The van der Waals surface area contributed by atoms with Gasteiger partial charge >= 0.3 is 0 Å². The first-order chi connectivity index (χ1) is 9.70. The fourth-order valence-corrected chi connectivity index (χ4v) is 3.08. The lowest BCUT2D eigenvalue weighted by atomic mass is 10.3. The second kappa shape index (κ2) is 5.22. The molecule has 0 fully saturated rings. The highest BCUT2D eigenvalue weighted by Gasteiger charge is 2.16. The molecule has 1 N–H and O–H groups in total. The molecule has 3 heterocycles. The molecule has 0 spiro atoms. The van der Waals surface area contributed by atoms with E-state index in [-0.39, 0.29) is 6.61 Å². The molecule has 0 atom stereocenters. The van der Waals surface area contributed by atoms with E-state index in [1.807, 2.05) is 48.3 Å². The zero-order valence-electron chi connectivity index (χ0n) is 11.4. The van der Waals surface area contributed by atoms with Gasteiger partial charge in [0.15, 0.2) is 5.82 Å². The highest BCUT2D eigenvalue weighted by atomic mass is 32.1. The third-order valence-electron chi connectivity index (χ3n) is 3.34. The monoisotopic (exact) mass is 288 g/mol. The Labute approximate surface area is 121 Å². The lowest BCUT2D eigenvalue weighted by Gasteiger charge is -2.17. The average molecular weight is 288 g/mol. The van der Waals surface area contributed by atoms with Gasteiger partial charge in [0.2, 0.25) is 0 Å². The summed E-state index contributed by atoms with van der Waals surface area (Å²) in [6.45, 7) is 2.72. The number of aliphatic hydroxyl groups excluding tert-OH is 1. The molecule has 0 bridgehead atoms. The van der Waals surface area contributed by atoms with Crippen LogP contribution in [0.3, 0.4) is 0 Å². The van der Waals surface area contributed by atoms with E-state index in [4.69, 9.17) is 0 Å². The lowest BCUT2D eigenvalue weighted by Crippen LogP contribution is -2.18. The normalized spacial score (nSPS) is 11.2. The van der Waals surface area contributed by atoms with Crippen LogP contribution in [0.5, 0.6) is 0 Å². The third kappa shape index (κ3) is 2.17. The van der Waals surface area contributed by atoms with Crippen molar-refractivity contribution in [3.63, 3.8) is 0 Å². The van der Waals surface area contributed by atoms with Gasteiger partial charge in [0.05, 0.1) is 30.1 Å². The Balaban J connectivity index is 1.98. The van der Waals surface area contributed by atoms with Crippen molar-refractivity contribution in [2.24, 2.45) is 0 Å². The molecule has 0 unspecified atom stereocenters. The number of pyridine rings is 1. The quantitative estimate of drug-likeness (QED) is 0.800. The van der Waals surface area contributed by atoms with Crippen LogP contribution in [0.15, 0.2) is 29.9 Å². The molecular formula is C14H16N4OS. The summed E-state index contributed by atoms with van der Waals surface area (Å²) in [5.74, 6) is 0.812. The van der Waals surface area contributed by atoms with Gasteiger partial charge < -0.3 is 10.0 Å². The first kappa shape index (κ1) is 13.1. The zero-order valence-corrected chi connectivity index (χ0v) is 12.3. The molecule has 5 nitrogen and oxygen atoms in total. The van der Waals surface area contributed by atoms with Crippen molar-refractivity contribution in [3.8, 4) is 0 Å². The van der Waals surface area contributed by atoms with Crippen LogP contribution in [0, 0.1) is 6.92 Å². The number of rotatable bonds is 4. The van der Waals surface area contributed by atoms with Crippen LogP contribution < -0.4 is 4.90 Å². The predicted octanol–water partition coefficient (Wildman–Crippen LogP) is 2.23. The van der Waals surface area contributed by atoms with E-state index in [9.17, 15) is 5.11 Å². The van der Waals surface area contributed by atoms with Gasteiger partial charge in [-0.3, -0.25) is 4.40 Å². The van der Waals surface area contributed by atoms with Gasteiger partial charge in [0.1, 0.15) is 5.65 Å². The first-order valence-corrected chi connectivity index (χ1v) is 7.25. The molecule has 0 saturated carbocycles. The van der Waals surface area contributed by atoms with E-state index < -0.39 is 0 Å². The SMILES string of the molecule is Cc1ncsc1CN(C)c1nc2ccccn2c1CO. The van der Waals surface area contributed by atoms with Gasteiger partial charge in [-0.1, -0.05) is 6.07 Å². The largest absolute Gasteiger partial charge is 0.390 e. The van der Waals surface area contributed by atoms with Crippen LogP contribution in [0.25, 0.3) is 5.65 Å². The number of fused-ring (bicyclic) bond motifs is 1. The molecule has 6 heteroatoms. The number of thiazole rings is 1. The van der Waals surface area contributed by atoms with Crippen molar-refractivity contribution in [1.82, 2.24) is 14.4 Å². The Morgan fingerprint density at radius 1 is 1.40 bits per heavy atom. The van der Waals surface area contributed by atoms with E-state index in [0.29, 0.717) is 0 Å². The molecule has 0 amide bonds. The molecule has 0 aromatic carbocycles. The van der Waals surface area contributed by atoms with Crippen molar-refractivity contribution in [3.05, 3.63) is 46.2 Å². The van der Waals surface area contributed by atoms with Crippen LogP contribution in [-0.4, -0.2) is 26.5 Å². The second-order valence-corrected chi connectivity index (χ2v) is 5.63. The molecule has 0 aliphatic carbocycles. The first-order valence-electron chi connectivity index (χ1n) is 6.37. The summed E-state index contributed by atoms with van der Waals surface area (Å²) in [7, 11) is 1.99. The second-order valence-electron chi connectivity index (χ2n) is 4.69. The van der Waals surface area contributed by atoms with Crippen molar-refractivity contribution in [2.75, 3.05) is 11.9 Å². The fourth-order valence-electron chi connectivity index (χ4n) is 2.26. The van der Waals surface area contributed by atoms with Crippen LogP contribution in [0.2, 0.25) is 0 Å². The smallest absolute Gasteiger partial charge is 0.153 e. The molecular weight excluding hydrogens is 272 g/mol. The minimum Gasteiger partial charge on any atom is -0.390 e. The molecule has 0 saturated heterocycles. The molecule has 3 rings (SSSR count). The average Bonchev–Trinajstić information content (AvgIpc) is 3.02. The van der Waals surface area contributed by atoms with E-state index in [1.54, 1.807) is 11.3 Å². The van der Waals surface area contributed by atoms with E-state index in [1.165, 1.54) is 4.88 Å². The van der Waals surface area contributed by atoms with E-state index >= 15 is 0 Å². The van der Waals surface area contributed by atoms with Crippen LogP contribution in [0.1, 0.15) is 16.3 Å². The van der Waals surface area contributed by atoms with Gasteiger partial charge in [-0.05, 0) is 19.1 Å². The highest BCUT2D eigenvalue weighted by molar-refractivity contribution is 7.09. The maximum atomic E-state index is 9.64. The number of aliphatic hydroxyl groups is 1. The van der Waals surface area contributed by atoms with Gasteiger partial charge in [0.25, 0.3) is 0 Å². The Morgan fingerprint density at radius 3 is 2.95 bits per heavy atom. The standard InChI is InChI=1S/C14H16N4OS/c1-10-12(20-9-15-10)7-17(2)14-11(8-19)18-6-4-3-5-13(18)16-14/h3-6,9,19H,7-8H2,1-2H3. The highest BCUT2D eigenvalue weighted by Crippen LogP contribution is 2.24. The lowest BCUT2D eigenvalue weighted by molar-refractivity contribution is 0.276. The van der Waals surface area contributed by atoms with Crippen molar-refractivity contribution in [1.29, 1.82) is 0 Å². The molecule has 3 aromatic rings. The van der Waals surface area contributed by atoms with E-state index in [0.717, 1.165) is 29.4 Å². The Bertz CT molecular complexity index is 734. The summed E-state index contributed by atoms with van der Waals surface area (Å²) >= 11 is 1.64. The summed E-state index contributed by atoms with van der Waals surface area (Å²) in [5.41, 5.74) is 4.57. The molecule has 20 heavy (non-hydrogen) atoms. The van der Waals surface area contributed by atoms with Gasteiger partial charge in [-0.25, -0.2) is 9.97 Å². The maximum absolute atomic E-state index is 9.64. The summed E-state index contributed by atoms with van der Waals surface area (Å²) in [4.78, 5) is 12.1. The molecule has 0 aliphatic rings. The molecule has 0 aliphatic heterocycles. The third-order valence-corrected chi connectivity index (χ3v) is 4.26. The fraction of sp³-hybridized carbons (Fsp3) is 0.286. The minimum absolute atomic E-state index is 0.0352.